The maximum Gasteiger partial charge on any atom is 0.256 e. The van der Waals surface area contributed by atoms with Crippen molar-refractivity contribution in [1.82, 2.24) is 20.4 Å². The second kappa shape index (κ2) is 13.2. The number of carbonyl (C=O) groups excluding carboxylic acids is 2. The maximum absolute atomic E-state index is 16.1. The van der Waals surface area contributed by atoms with Gasteiger partial charge in [0.05, 0.1) is 35.9 Å². The second-order valence-corrected chi connectivity index (χ2v) is 14.4. The molecular weight excluding hydrogens is 531 g/mol. The Bertz CT molecular complexity index is 1000. The molecule has 6 rings (SSSR count). The van der Waals surface area contributed by atoms with Crippen molar-refractivity contribution in [2.75, 3.05) is 20.1 Å². The van der Waals surface area contributed by atoms with E-state index >= 15 is 4.39 Å². The first-order chi connectivity index (χ1) is 20.4. The van der Waals surface area contributed by atoms with E-state index in [0.29, 0.717) is 17.9 Å². The van der Waals surface area contributed by atoms with Crippen LogP contribution < -0.4 is 10.6 Å². The first-order valence-electron chi connectivity index (χ1n) is 17.5. The van der Waals surface area contributed by atoms with Crippen LogP contribution in [0.1, 0.15) is 104 Å². The Morgan fingerprint density at radius 2 is 1.86 bits per heavy atom. The van der Waals surface area contributed by atoms with Crippen LogP contribution in [0.25, 0.3) is 0 Å². The smallest absolute Gasteiger partial charge is 0.256 e. The molecule has 3 heterocycles. The number of nitrogens with zero attached hydrogens (tertiary/aromatic N) is 2. The van der Waals surface area contributed by atoms with Crippen molar-refractivity contribution in [2.45, 2.75) is 152 Å². The highest BCUT2D eigenvalue weighted by atomic mass is 19.1. The van der Waals surface area contributed by atoms with Crippen molar-refractivity contribution in [3.8, 4) is 0 Å². The minimum absolute atomic E-state index is 0.0171. The third kappa shape index (κ3) is 5.81. The number of likely N-dealkylation sites (tertiary alicyclic amines) is 1. The molecule has 2 N–H and O–H groups in total. The lowest BCUT2D eigenvalue weighted by Gasteiger charge is -2.62. The van der Waals surface area contributed by atoms with E-state index in [0.717, 1.165) is 58.0 Å². The van der Waals surface area contributed by atoms with E-state index in [1.54, 1.807) is 0 Å². The number of amides is 1. The predicted octanol–water partition coefficient (Wildman–Crippen LogP) is 4.75. The van der Waals surface area contributed by atoms with Gasteiger partial charge in [-0.1, -0.05) is 46.0 Å². The topological polar surface area (TPSA) is 73.9 Å². The Labute approximate surface area is 252 Å². The summed E-state index contributed by atoms with van der Waals surface area (Å²) in [6, 6.07) is 0.132. The van der Waals surface area contributed by atoms with E-state index in [-0.39, 0.29) is 54.0 Å². The van der Waals surface area contributed by atoms with Crippen LogP contribution in [-0.4, -0.2) is 90.2 Å². The monoisotopic (exact) mass is 586 g/mol. The van der Waals surface area contributed by atoms with Gasteiger partial charge in [-0.15, -0.1) is 0 Å². The average Bonchev–Trinajstić information content (AvgIpc) is 3.39. The average molecular weight is 587 g/mol. The Morgan fingerprint density at radius 3 is 2.60 bits per heavy atom. The fraction of sp³-hybridized carbons (Fsp3) is 0.882. The van der Waals surface area contributed by atoms with E-state index < -0.39 is 18.1 Å². The summed E-state index contributed by atoms with van der Waals surface area (Å²) < 4.78 is 23.1. The molecule has 3 aliphatic heterocycles. The van der Waals surface area contributed by atoms with Gasteiger partial charge in [-0.3, -0.25) is 9.59 Å². The van der Waals surface area contributed by atoms with Crippen LogP contribution in [-0.2, 0) is 14.3 Å². The molecule has 10 unspecified atom stereocenters. The number of fused-ring (bicyclic) bond motifs is 4. The van der Waals surface area contributed by atoms with E-state index in [1.165, 1.54) is 38.5 Å². The van der Waals surface area contributed by atoms with Gasteiger partial charge in [0.15, 0.2) is 5.78 Å². The van der Waals surface area contributed by atoms with E-state index in [1.807, 2.05) is 6.20 Å². The summed E-state index contributed by atoms with van der Waals surface area (Å²) in [7, 11) is 2.19. The number of morpholine rings is 1. The minimum atomic E-state index is -1.18. The molecule has 42 heavy (non-hydrogen) atoms. The summed E-state index contributed by atoms with van der Waals surface area (Å²) in [5.74, 6) is 0.188. The molecule has 0 aromatic rings. The number of hydrogen-bond donors (Lipinski definition) is 2. The summed E-state index contributed by atoms with van der Waals surface area (Å²) >= 11 is 0. The van der Waals surface area contributed by atoms with Crippen LogP contribution in [0.4, 0.5) is 4.39 Å². The number of halogens is 1. The van der Waals surface area contributed by atoms with Gasteiger partial charge in [0, 0.05) is 24.2 Å². The molecule has 0 bridgehead atoms. The minimum Gasteiger partial charge on any atom is -0.369 e. The third-order valence-electron chi connectivity index (χ3n) is 11.9. The Hall–Kier alpha value is -1.51. The largest absolute Gasteiger partial charge is 0.369 e. The Morgan fingerprint density at radius 1 is 1.07 bits per heavy atom. The van der Waals surface area contributed by atoms with E-state index in [2.05, 4.69) is 41.3 Å². The highest BCUT2D eigenvalue weighted by Gasteiger charge is 2.60. The summed E-state index contributed by atoms with van der Waals surface area (Å²) in [5, 5.41) is 6.80. The lowest BCUT2D eigenvalue weighted by atomic mass is 9.63. The summed E-state index contributed by atoms with van der Waals surface area (Å²) in [4.78, 5) is 32.6. The maximum atomic E-state index is 16.1. The molecule has 0 aromatic heterocycles. The molecular formula is C34H55FN4O3. The molecule has 5 fully saturated rings. The normalized spacial score (nSPS) is 39.9. The van der Waals surface area contributed by atoms with Crippen molar-refractivity contribution in [3.63, 3.8) is 0 Å². The number of alkyl halides is 1. The summed E-state index contributed by atoms with van der Waals surface area (Å²) in [6.45, 7) is 6.14. The molecule has 0 radical (unpaired) electrons. The molecule has 7 nitrogen and oxygen atoms in total. The molecule has 10 atom stereocenters. The van der Waals surface area contributed by atoms with Crippen molar-refractivity contribution >= 4 is 11.7 Å². The number of rotatable bonds is 10. The second-order valence-electron chi connectivity index (χ2n) is 14.4. The van der Waals surface area contributed by atoms with Crippen LogP contribution >= 0.6 is 0 Å². The zero-order chi connectivity index (χ0) is 29.4. The first-order valence-corrected chi connectivity index (χ1v) is 17.5. The predicted molar refractivity (Wildman–Crippen MR) is 163 cm³/mol. The van der Waals surface area contributed by atoms with Crippen LogP contribution in [0.2, 0.25) is 0 Å². The number of hydrogen-bond acceptors (Lipinski definition) is 6. The van der Waals surface area contributed by atoms with Crippen molar-refractivity contribution in [3.05, 3.63) is 11.8 Å². The SMILES string of the molecule is CCCC(CCC)NC(=O)C1=CN2C3C(CCC4CCCCC43)OC3C(NCCC4CCCN4C)C(F)CC(C1=O)C32. The van der Waals surface area contributed by atoms with Gasteiger partial charge in [0.1, 0.15) is 6.17 Å². The molecule has 0 spiro atoms. The molecule has 8 heteroatoms. The highest BCUT2D eigenvalue weighted by molar-refractivity contribution is 6.20. The quantitative estimate of drug-likeness (QED) is 0.360. The molecule has 6 aliphatic rings. The standard InChI is InChI=1S/C34H55FN4O3/c1-4-9-22(10-5-2)37-34(41)26-20-39-30-24-13-7-6-11-21(24)14-15-28(30)42-33-29(27(35)19-25(31(33)39)32(26)40)36-17-16-23-12-8-18-38(23)3/h20-25,27-31,33,36H,4-19H2,1-3H3,(H,37,41). The molecule has 236 valence electrons. The molecule has 2 saturated heterocycles. The zero-order valence-corrected chi connectivity index (χ0v) is 26.2. The number of nitrogens with one attached hydrogen (secondary N) is 2. The van der Waals surface area contributed by atoms with Gasteiger partial charge < -0.3 is 25.2 Å². The van der Waals surface area contributed by atoms with Gasteiger partial charge in [0.2, 0.25) is 0 Å². The molecule has 3 aliphatic carbocycles. The third-order valence-corrected chi connectivity index (χ3v) is 11.9. The summed E-state index contributed by atoms with van der Waals surface area (Å²) in [5.41, 5.74) is 0.244. The molecule has 3 saturated carbocycles. The van der Waals surface area contributed by atoms with Gasteiger partial charge in [-0.2, -0.15) is 0 Å². The van der Waals surface area contributed by atoms with E-state index in [9.17, 15) is 9.59 Å². The Kier molecular flexibility index (Phi) is 9.61. The molecule has 0 aromatic carbocycles. The lowest BCUT2D eigenvalue weighted by Crippen LogP contribution is -2.74. The van der Waals surface area contributed by atoms with Gasteiger partial charge in [-0.25, -0.2) is 4.39 Å². The molecule has 1 amide bonds. The van der Waals surface area contributed by atoms with Crippen molar-refractivity contribution in [1.29, 1.82) is 0 Å². The zero-order valence-electron chi connectivity index (χ0n) is 26.2. The van der Waals surface area contributed by atoms with Crippen LogP contribution in [0.15, 0.2) is 11.8 Å². The number of carbonyl (C=O) groups is 2. The van der Waals surface area contributed by atoms with Crippen LogP contribution in [0.3, 0.4) is 0 Å². The van der Waals surface area contributed by atoms with E-state index in [4.69, 9.17) is 4.74 Å². The number of Topliss-reactive ketones (excluding diaryl/α,β-unsaturated/α-hetero) is 1. The fourth-order valence-electron chi connectivity index (χ4n) is 9.82. The van der Waals surface area contributed by atoms with Crippen molar-refractivity contribution in [2.24, 2.45) is 17.8 Å². The van der Waals surface area contributed by atoms with Crippen LogP contribution in [0.5, 0.6) is 0 Å². The van der Waals surface area contributed by atoms with Crippen molar-refractivity contribution < 1.29 is 18.7 Å². The number of ketones is 1. The number of ether oxygens (including phenoxy) is 1. The van der Waals surface area contributed by atoms with Gasteiger partial charge in [0.25, 0.3) is 5.91 Å². The first kappa shape index (κ1) is 30.5. The lowest BCUT2D eigenvalue weighted by molar-refractivity contribution is -0.215. The Balaban J connectivity index is 1.28. The summed E-state index contributed by atoms with van der Waals surface area (Å²) in [6.07, 6.45) is 14.8. The van der Waals surface area contributed by atoms with Crippen LogP contribution in [0, 0.1) is 17.8 Å². The van der Waals surface area contributed by atoms with Gasteiger partial charge in [-0.05, 0) is 89.8 Å². The van der Waals surface area contributed by atoms with Gasteiger partial charge >= 0.3 is 0 Å². The highest BCUT2D eigenvalue weighted by Crippen LogP contribution is 2.51. The fourth-order valence-corrected chi connectivity index (χ4v) is 9.82.